The van der Waals surface area contributed by atoms with Gasteiger partial charge in [-0.1, -0.05) is 41.6 Å². The van der Waals surface area contributed by atoms with Crippen LogP contribution < -0.4 is 17.0 Å². The van der Waals surface area contributed by atoms with Crippen molar-refractivity contribution in [1.29, 1.82) is 0 Å². The molecule has 0 saturated heterocycles. The molecule has 0 fully saturated rings. The first kappa shape index (κ1) is 18.0. The second-order valence-electron chi connectivity index (χ2n) is 6.10. The first-order chi connectivity index (χ1) is 12.3. The molecule has 3 aromatic rings. The molecule has 0 aliphatic heterocycles. The third-order valence-electron chi connectivity index (χ3n) is 4.08. The van der Waals surface area contributed by atoms with Crippen molar-refractivity contribution in [3.63, 3.8) is 0 Å². The number of imidazole rings is 1. The summed E-state index contributed by atoms with van der Waals surface area (Å²) in [5, 5.41) is 0.471. The van der Waals surface area contributed by atoms with Gasteiger partial charge < -0.3 is 10.3 Å². The van der Waals surface area contributed by atoms with Gasteiger partial charge in [-0.05, 0) is 12.5 Å². The Kier molecular flexibility index (Phi) is 4.73. The molecule has 0 spiro atoms. The summed E-state index contributed by atoms with van der Waals surface area (Å²) in [7, 11) is 3.00. The lowest BCUT2D eigenvalue weighted by atomic mass is 10.1. The summed E-state index contributed by atoms with van der Waals surface area (Å²) in [6.07, 6.45) is 0. The van der Waals surface area contributed by atoms with Crippen LogP contribution in [0.25, 0.3) is 11.2 Å². The molecule has 0 unspecified atom stereocenters. The molecule has 0 aliphatic carbocycles. The lowest BCUT2D eigenvalue weighted by Gasteiger charge is -2.10. The maximum atomic E-state index is 12.7. The normalized spacial score (nSPS) is 11.2. The first-order valence-corrected chi connectivity index (χ1v) is 8.91. The van der Waals surface area contributed by atoms with Crippen molar-refractivity contribution < 1.29 is 4.79 Å². The zero-order valence-corrected chi connectivity index (χ0v) is 15.5. The van der Waals surface area contributed by atoms with Crippen LogP contribution in [0.4, 0.5) is 0 Å². The number of rotatable bonds is 5. The van der Waals surface area contributed by atoms with E-state index in [2.05, 4.69) is 4.98 Å². The summed E-state index contributed by atoms with van der Waals surface area (Å²) in [5.41, 5.74) is 7.07. The standard InChI is InChI=1S/C17H19N5O3S/c1-10-5-4-6-11(7-10)8-22-13-14(19-16(22)26-9-12(18)23)20(2)17(25)21(3)15(13)24/h4-7H,8-9H2,1-3H3,(H2,18,23). The van der Waals surface area contributed by atoms with Crippen molar-refractivity contribution >= 4 is 28.8 Å². The Morgan fingerprint density at radius 3 is 2.62 bits per heavy atom. The minimum absolute atomic E-state index is 0.0331. The Balaban J connectivity index is 2.25. The van der Waals surface area contributed by atoms with Gasteiger partial charge in [0.25, 0.3) is 5.56 Å². The maximum absolute atomic E-state index is 12.7. The lowest BCUT2D eigenvalue weighted by Crippen LogP contribution is -2.37. The minimum atomic E-state index is -0.481. The zero-order valence-electron chi connectivity index (χ0n) is 14.7. The van der Waals surface area contributed by atoms with Gasteiger partial charge in [-0.15, -0.1) is 0 Å². The Labute approximate surface area is 153 Å². The minimum Gasteiger partial charge on any atom is -0.369 e. The van der Waals surface area contributed by atoms with Crippen molar-refractivity contribution in [3.05, 3.63) is 56.2 Å². The number of carbonyl (C=O) groups is 1. The molecular formula is C17H19N5O3S. The third-order valence-corrected chi connectivity index (χ3v) is 5.08. The predicted molar refractivity (Wildman–Crippen MR) is 100 cm³/mol. The molecule has 1 amide bonds. The van der Waals surface area contributed by atoms with Crippen LogP contribution in [0.5, 0.6) is 0 Å². The Morgan fingerprint density at radius 2 is 1.96 bits per heavy atom. The Hall–Kier alpha value is -2.81. The SMILES string of the molecule is Cc1cccc(Cn2c(SCC(N)=O)nc3c2c(=O)n(C)c(=O)n3C)c1. The fourth-order valence-corrected chi connectivity index (χ4v) is 3.55. The number of fused-ring (bicyclic) bond motifs is 1. The highest BCUT2D eigenvalue weighted by Crippen LogP contribution is 2.23. The average molecular weight is 373 g/mol. The number of hydrogen-bond donors (Lipinski definition) is 1. The van der Waals surface area contributed by atoms with Crippen molar-refractivity contribution in [1.82, 2.24) is 18.7 Å². The largest absolute Gasteiger partial charge is 0.369 e. The summed E-state index contributed by atoms with van der Waals surface area (Å²) in [5.74, 6) is -0.447. The van der Waals surface area contributed by atoms with Gasteiger partial charge in [0.15, 0.2) is 16.3 Å². The van der Waals surface area contributed by atoms with E-state index in [0.29, 0.717) is 17.2 Å². The van der Waals surface area contributed by atoms with E-state index in [1.54, 1.807) is 11.6 Å². The second-order valence-corrected chi connectivity index (χ2v) is 7.05. The molecule has 0 saturated carbocycles. The van der Waals surface area contributed by atoms with Gasteiger partial charge in [-0.2, -0.15) is 0 Å². The number of amides is 1. The van der Waals surface area contributed by atoms with Crippen LogP contribution in [0.2, 0.25) is 0 Å². The quantitative estimate of drug-likeness (QED) is 0.651. The molecular weight excluding hydrogens is 354 g/mol. The number of benzene rings is 1. The van der Waals surface area contributed by atoms with Gasteiger partial charge in [0, 0.05) is 14.1 Å². The molecule has 0 radical (unpaired) electrons. The fraction of sp³-hybridized carbons (Fsp3) is 0.294. The Morgan fingerprint density at radius 1 is 1.23 bits per heavy atom. The van der Waals surface area contributed by atoms with Gasteiger partial charge >= 0.3 is 5.69 Å². The van der Waals surface area contributed by atoms with Crippen LogP contribution >= 0.6 is 11.8 Å². The molecule has 2 heterocycles. The Bertz CT molecular complexity index is 1130. The molecule has 0 aliphatic rings. The number of thioether (sulfide) groups is 1. The molecule has 2 N–H and O–H groups in total. The zero-order chi connectivity index (χ0) is 19.0. The maximum Gasteiger partial charge on any atom is 0.332 e. The van der Waals surface area contributed by atoms with Crippen LogP contribution in [-0.2, 0) is 25.4 Å². The van der Waals surface area contributed by atoms with Crippen molar-refractivity contribution in [2.45, 2.75) is 18.6 Å². The van der Waals surface area contributed by atoms with Gasteiger partial charge in [-0.3, -0.25) is 18.7 Å². The van der Waals surface area contributed by atoms with E-state index in [4.69, 9.17) is 5.73 Å². The second kappa shape index (κ2) is 6.83. The number of nitrogens with zero attached hydrogens (tertiary/aromatic N) is 4. The molecule has 0 atom stereocenters. The van der Waals surface area contributed by atoms with Crippen LogP contribution in [0.3, 0.4) is 0 Å². The summed E-state index contributed by atoms with van der Waals surface area (Å²) in [6.45, 7) is 2.38. The summed E-state index contributed by atoms with van der Waals surface area (Å²) in [6, 6.07) is 7.89. The first-order valence-electron chi connectivity index (χ1n) is 7.92. The smallest absolute Gasteiger partial charge is 0.332 e. The average Bonchev–Trinajstić information content (AvgIpc) is 2.95. The molecule has 2 aromatic heterocycles. The van der Waals surface area contributed by atoms with Crippen LogP contribution in [0.15, 0.2) is 39.0 Å². The molecule has 136 valence electrons. The summed E-state index contributed by atoms with van der Waals surface area (Å²) >= 11 is 1.15. The molecule has 9 heteroatoms. The number of nitrogens with two attached hydrogens (primary N) is 1. The van der Waals surface area contributed by atoms with Gasteiger partial charge in [0.05, 0.1) is 12.3 Å². The van der Waals surface area contributed by atoms with Crippen LogP contribution in [-0.4, -0.2) is 30.3 Å². The number of aromatic nitrogens is 4. The monoisotopic (exact) mass is 373 g/mol. The highest BCUT2D eigenvalue weighted by molar-refractivity contribution is 7.99. The van der Waals surface area contributed by atoms with Crippen LogP contribution in [0, 0.1) is 6.92 Å². The molecule has 1 aromatic carbocycles. The summed E-state index contributed by atoms with van der Waals surface area (Å²) in [4.78, 5) is 40.5. The van der Waals surface area contributed by atoms with E-state index >= 15 is 0 Å². The molecule has 3 rings (SSSR count). The molecule has 26 heavy (non-hydrogen) atoms. The van der Waals surface area contributed by atoms with Crippen molar-refractivity contribution in [2.75, 3.05) is 5.75 Å². The molecule has 0 bridgehead atoms. The van der Waals surface area contributed by atoms with Gasteiger partial charge in [-0.25, -0.2) is 9.78 Å². The van der Waals surface area contributed by atoms with E-state index in [1.807, 2.05) is 31.2 Å². The highest BCUT2D eigenvalue weighted by Gasteiger charge is 2.20. The van der Waals surface area contributed by atoms with E-state index in [-0.39, 0.29) is 11.4 Å². The van der Waals surface area contributed by atoms with E-state index in [0.717, 1.165) is 27.5 Å². The van der Waals surface area contributed by atoms with Crippen molar-refractivity contribution in [2.24, 2.45) is 19.8 Å². The predicted octanol–water partition coefficient (Wildman–Crippen LogP) is 0.368. The number of primary amides is 1. The van der Waals surface area contributed by atoms with Crippen molar-refractivity contribution in [3.8, 4) is 0 Å². The van der Waals surface area contributed by atoms with E-state index in [9.17, 15) is 14.4 Å². The fourth-order valence-electron chi connectivity index (χ4n) is 2.81. The van der Waals surface area contributed by atoms with Gasteiger partial charge in [0.2, 0.25) is 5.91 Å². The third kappa shape index (κ3) is 3.17. The topological polar surface area (TPSA) is 105 Å². The number of aryl methyl sites for hydroxylation is 2. The number of carbonyl (C=O) groups excluding carboxylic acids is 1. The van der Waals surface area contributed by atoms with E-state index < -0.39 is 17.2 Å². The number of hydrogen-bond acceptors (Lipinski definition) is 5. The highest BCUT2D eigenvalue weighted by atomic mass is 32.2. The lowest BCUT2D eigenvalue weighted by molar-refractivity contribution is -0.115. The van der Waals surface area contributed by atoms with E-state index in [1.165, 1.54) is 11.6 Å². The van der Waals surface area contributed by atoms with Crippen LogP contribution in [0.1, 0.15) is 11.1 Å². The summed E-state index contributed by atoms with van der Waals surface area (Å²) < 4.78 is 4.12. The molecule has 8 nitrogen and oxygen atoms in total. The van der Waals surface area contributed by atoms with Gasteiger partial charge in [0.1, 0.15) is 0 Å².